The number of ether oxygens (including phenoxy) is 1. The van der Waals surface area contributed by atoms with Crippen molar-refractivity contribution in [3.05, 3.63) is 41.1 Å². The first-order valence-electron chi connectivity index (χ1n) is 5.10. The van der Waals surface area contributed by atoms with E-state index < -0.39 is 5.91 Å². The molecule has 18 heavy (non-hydrogen) atoms. The topological polar surface area (TPSA) is 77.5 Å². The van der Waals surface area contributed by atoms with Crippen LogP contribution in [-0.4, -0.2) is 13.0 Å². The summed E-state index contributed by atoms with van der Waals surface area (Å²) in [5.41, 5.74) is 5.86. The third kappa shape index (κ3) is 2.57. The number of halogens is 1. The molecule has 0 saturated carbocycles. The van der Waals surface area contributed by atoms with Gasteiger partial charge in [-0.25, -0.2) is 0 Å². The standard InChI is InChI=1S/C12H11ClN2O3/c1-17-9-3-2-7(13)6-8(9)15-12(16)10-4-5-11(14)18-10/h2-6H,14H2,1H3,(H,15,16). The summed E-state index contributed by atoms with van der Waals surface area (Å²) < 4.78 is 10.1. The molecule has 0 aliphatic rings. The fraction of sp³-hybridized carbons (Fsp3) is 0.0833. The fourth-order valence-corrected chi connectivity index (χ4v) is 1.61. The van der Waals surface area contributed by atoms with Crippen molar-refractivity contribution in [3.8, 4) is 5.75 Å². The highest BCUT2D eigenvalue weighted by Crippen LogP contribution is 2.28. The molecule has 1 amide bonds. The summed E-state index contributed by atoms with van der Waals surface area (Å²) in [6.45, 7) is 0. The zero-order valence-electron chi connectivity index (χ0n) is 9.57. The summed E-state index contributed by atoms with van der Waals surface area (Å²) in [6.07, 6.45) is 0. The first kappa shape index (κ1) is 12.3. The molecule has 0 aliphatic carbocycles. The monoisotopic (exact) mass is 266 g/mol. The second-order valence-electron chi connectivity index (χ2n) is 3.50. The van der Waals surface area contributed by atoms with Crippen LogP contribution in [0.2, 0.25) is 5.02 Å². The van der Waals surface area contributed by atoms with Crippen LogP contribution < -0.4 is 15.8 Å². The third-order valence-corrected chi connectivity index (χ3v) is 2.50. The molecule has 0 atom stereocenters. The van der Waals surface area contributed by atoms with E-state index in [9.17, 15) is 4.79 Å². The van der Waals surface area contributed by atoms with Crippen LogP contribution in [0.5, 0.6) is 5.75 Å². The van der Waals surface area contributed by atoms with Crippen molar-refractivity contribution >= 4 is 29.1 Å². The van der Waals surface area contributed by atoms with Crippen molar-refractivity contribution in [1.29, 1.82) is 0 Å². The van der Waals surface area contributed by atoms with Gasteiger partial charge in [-0.3, -0.25) is 4.79 Å². The van der Waals surface area contributed by atoms with Gasteiger partial charge in [0.2, 0.25) is 0 Å². The van der Waals surface area contributed by atoms with Gasteiger partial charge in [0.15, 0.2) is 11.6 Å². The highest BCUT2D eigenvalue weighted by molar-refractivity contribution is 6.31. The lowest BCUT2D eigenvalue weighted by Gasteiger charge is -2.09. The predicted molar refractivity (Wildman–Crippen MR) is 69.1 cm³/mol. The number of hydrogen-bond acceptors (Lipinski definition) is 4. The van der Waals surface area contributed by atoms with Crippen LogP contribution in [0.15, 0.2) is 34.7 Å². The van der Waals surface area contributed by atoms with Gasteiger partial charge in [-0.1, -0.05) is 11.6 Å². The van der Waals surface area contributed by atoms with E-state index in [2.05, 4.69) is 5.32 Å². The lowest BCUT2D eigenvalue weighted by atomic mass is 10.3. The maximum Gasteiger partial charge on any atom is 0.291 e. The number of nitrogens with one attached hydrogen (secondary N) is 1. The second-order valence-corrected chi connectivity index (χ2v) is 3.94. The zero-order valence-corrected chi connectivity index (χ0v) is 10.3. The summed E-state index contributed by atoms with van der Waals surface area (Å²) in [5, 5.41) is 3.13. The van der Waals surface area contributed by atoms with E-state index in [1.165, 1.54) is 19.2 Å². The van der Waals surface area contributed by atoms with E-state index >= 15 is 0 Å². The Bertz CT molecular complexity index is 580. The number of nitrogens with two attached hydrogens (primary N) is 1. The molecule has 94 valence electrons. The number of rotatable bonds is 3. The van der Waals surface area contributed by atoms with Crippen LogP contribution in [-0.2, 0) is 0 Å². The fourth-order valence-electron chi connectivity index (χ4n) is 1.44. The number of anilines is 2. The SMILES string of the molecule is COc1ccc(Cl)cc1NC(=O)c1ccc(N)o1. The second kappa shape index (κ2) is 5.01. The minimum Gasteiger partial charge on any atom is -0.495 e. The van der Waals surface area contributed by atoms with Crippen LogP contribution in [0, 0.1) is 0 Å². The van der Waals surface area contributed by atoms with Crippen LogP contribution >= 0.6 is 11.6 Å². The van der Waals surface area contributed by atoms with E-state index in [0.717, 1.165) is 0 Å². The zero-order chi connectivity index (χ0) is 13.1. The summed E-state index contributed by atoms with van der Waals surface area (Å²) in [6, 6.07) is 7.91. The van der Waals surface area contributed by atoms with E-state index in [4.69, 9.17) is 26.5 Å². The molecule has 0 fully saturated rings. The van der Waals surface area contributed by atoms with Gasteiger partial charge >= 0.3 is 0 Å². The van der Waals surface area contributed by atoms with Crippen molar-refractivity contribution in [2.75, 3.05) is 18.2 Å². The normalized spacial score (nSPS) is 10.1. The van der Waals surface area contributed by atoms with Crippen LogP contribution in [0.25, 0.3) is 0 Å². The summed E-state index contributed by atoms with van der Waals surface area (Å²) in [7, 11) is 1.50. The van der Waals surface area contributed by atoms with Crippen molar-refractivity contribution in [2.45, 2.75) is 0 Å². The van der Waals surface area contributed by atoms with E-state index in [-0.39, 0.29) is 11.6 Å². The number of furan rings is 1. The highest BCUT2D eigenvalue weighted by Gasteiger charge is 2.13. The predicted octanol–water partition coefficient (Wildman–Crippen LogP) is 2.78. The summed E-state index contributed by atoms with van der Waals surface area (Å²) in [5.74, 6) is 0.382. The molecule has 0 spiro atoms. The summed E-state index contributed by atoms with van der Waals surface area (Å²) in [4.78, 5) is 11.8. The molecule has 1 aromatic carbocycles. The van der Waals surface area contributed by atoms with Crippen molar-refractivity contribution < 1.29 is 13.9 Å². The number of nitrogen functional groups attached to an aromatic ring is 1. The van der Waals surface area contributed by atoms with Gasteiger partial charge in [0, 0.05) is 11.1 Å². The lowest BCUT2D eigenvalue weighted by molar-refractivity contribution is 0.0997. The Kier molecular flexibility index (Phi) is 3.43. The molecule has 1 aromatic heterocycles. The Morgan fingerprint density at radius 1 is 1.39 bits per heavy atom. The molecule has 0 bridgehead atoms. The molecular formula is C12H11ClN2O3. The molecule has 0 radical (unpaired) electrons. The van der Waals surface area contributed by atoms with Gasteiger partial charge in [0.1, 0.15) is 5.75 Å². The lowest BCUT2D eigenvalue weighted by Crippen LogP contribution is -2.11. The van der Waals surface area contributed by atoms with Gasteiger partial charge in [-0.2, -0.15) is 0 Å². The van der Waals surface area contributed by atoms with Gasteiger partial charge in [0.05, 0.1) is 12.8 Å². The molecule has 0 aliphatic heterocycles. The molecule has 6 heteroatoms. The first-order valence-corrected chi connectivity index (χ1v) is 5.48. The Morgan fingerprint density at radius 3 is 2.78 bits per heavy atom. The van der Waals surface area contributed by atoms with Crippen LogP contribution in [0.4, 0.5) is 11.6 Å². The summed E-state index contributed by atoms with van der Waals surface area (Å²) >= 11 is 5.86. The minimum atomic E-state index is -0.424. The number of carbonyl (C=O) groups excluding carboxylic acids is 1. The van der Waals surface area contributed by atoms with Crippen LogP contribution in [0.3, 0.4) is 0 Å². The van der Waals surface area contributed by atoms with Gasteiger partial charge in [-0.15, -0.1) is 0 Å². The van der Waals surface area contributed by atoms with E-state index in [1.807, 2.05) is 0 Å². The Morgan fingerprint density at radius 2 is 2.17 bits per heavy atom. The number of amides is 1. The highest BCUT2D eigenvalue weighted by atomic mass is 35.5. The van der Waals surface area contributed by atoms with E-state index in [0.29, 0.717) is 16.5 Å². The Labute approximate surface area is 108 Å². The van der Waals surface area contributed by atoms with E-state index in [1.54, 1.807) is 18.2 Å². The van der Waals surface area contributed by atoms with Crippen molar-refractivity contribution in [2.24, 2.45) is 0 Å². The molecule has 5 nitrogen and oxygen atoms in total. The van der Waals surface area contributed by atoms with Crippen LogP contribution in [0.1, 0.15) is 10.6 Å². The molecule has 3 N–H and O–H groups in total. The smallest absolute Gasteiger partial charge is 0.291 e. The minimum absolute atomic E-state index is 0.120. The molecule has 2 aromatic rings. The molecule has 0 unspecified atom stereocenters. The quantitative estimate of drug-likeness (QED) is 0.895. The molecular weight excluding hydrogens is 256 g/mol. The Hall–Kier alpha value is -2.14. The maximum atomic E-state index is 11.8. The van der Waals surface area contributed by atoms with Crippen molar-refractivity contribution in [3.63, 3.8) is 0 Å². The molecule has 2 rings (SSSR count). The first-order chi connectivity index (χ1) is 8.60. The van der Waals surface area contributed by atoms with Crippen molar-refractivity contribution in [1.82, 2.24) is 0 Å². The largest absolute Gasteiger partial charge is 0.495 e. The number of methoxy groups -OCH3 is 1. The number of carbonyl (C=O) groups is 1. The van der Waals surface area contributed by atoms with Gasteiger partial charge in [0.25, 0.3) is 5.91 Å². The Balaban J connectivity index is 2.23. The molecule has 0 saturated heterocycles. The average Bonchev–Trinajstić information content (AvgIpc) is 2.76. The third-order valence-electron chi connectivity index (χ3n) is 2.26. The molecule has 1 heterocycles. The maximum absolute atomic E-state index is 11.8. The van der Waals surface area contributed by atoms with Gasteiger partial charge in [-0.05, 0) is 24.3 Å². The number of hydrogen-bond donors (Lipinski definition) is 2. The average molecular weight is 267 g/mol. The number of benzene rings is 1. The van der Waals surface area contributed by atoms with Gasteiger partial charge < -0.3 is 20.2 Å².